The molecular weight excluding hydrogens is 216 g/mol. The van der Waals surface area contributed by atoms with E-state index in [1.54, 1.807) is 18.2 Å². The van der Waals surface area contributed by atoms with Gasteiger partial charge < -0.3 is 5.11 Å². The predicted molar refractivity (Wildman–Crippen MR) is 65.3 cm³/mol. The van der Waals surface area contributed by atoms with E-state index in [1.165, 1.54) is 6.92 Å². The van der Waals surface area contributed by atoms with Crippen molar-refractivity contribution in [2.75, 3.05) is 0 Å². The van der Waals surface area contributed by atoms with Gasteiger partial charge in [0.2, 0.25) is 0 Å². The van der Waals surface area contributed by atoms with Gasteiger partial charge in [0.25, 0.3) is 0 Å². The van der Waals surface area contributed by atoms with Gasteiger partial charge in [0, 0.05) is 6.42 Å². The summed E-state index contributed by atoms with van der Waals surface area (Å²) < 4.78 is 0. The maximum atomic E-state index is 11.2. The van der Waals surface area contributed by atoms with Crippen molar-refractivity contribution in [1.82, 2.24) is 0 Å². The summed E-state index contributed by atoms with van der Waals surface area (Å²) >= 11 is 0. The first-order valence-corrected chi connectivity index (χ1v) is 5.33. The Bertz CT molecular complexity index is 594. The Hall–Kier alpha value is -2.16. The van der Waals surface area contributed by atoms with Crippen molar-refractivity contribution in [1.29, 1.82) is 0 Å². The summed E-state index contributed by atoms with van der Waals surface area (Å²) in [6, 6.07) is 10.6. The van der Waals surface area contributed by atoms with Gasteiger partial charge in [-0.15, -0.1) is 0 Å². The van der Waals surface area contributed by atoms with Gasteiger partial charge in [0.05, 0.1) is 5.56 Å². The van der Waals surface area contributed by atoms with Gasteiger partial charge in [0.15, 0.2) is 0 Å². The molecule has 2 aromatic rings. The number of hydrogen-bond acceptors (Lipinski definition) is 2. The molecule has 0 heterocycles. The lowest BCUT2D eigenvalue weighted by molar-refractivity contribution is -0.116. The summed E-state index contributed by atoms with van der Waals surface area (Å²) in [5.74, 6) is -0.940. The van der Waals surface area contributed by atoms with Crippen LogP contribution >= 0.6 is 0 Å². The molecular formula is C14H12O3. The van der Waals surface area contributed by atoms with E-state index in [1.807, 2.05) is 18.2 Å². The Morgan fingerprint density at radius 1 is 1.12 bits per heavy atom. The summed E-state index contributed by atoms with van der Waals surface area (Å²) in [4.78, 5) is 22.4. The highest BCUT2D eigenvalue weighted by Crippen LogP contribution is 2.23. The highest BCUT2D eigenvalue weighted by Gasteiger charge is 2.12. The Morgan fingerprint density at radius 2 is 1.76 bits per heavy atom. The first kappa shape index (κ1) is 11.3. The third-order valence-electron chi connectivity index (χ3n) is 2.66. The molecule has 0 unspecified atom stereocenters. The van der Waals surface area contributed by atoms with Crippen LogP contribution in [0.15, 0.2) is 36.4 Å². The van der Waals surface area contributed by atoms with Crippen LogP contribution < -0.4 is 0 Å². The fourth-order valence-corrected chi connectivity index (χ4v) is 2.01. The number of Topliss-reactive ketones (excluding diaryl/α,β-unsaturated/α-hetero) is 1. The largest absolute Gasteiger partial charge is 0.478 e. The van der Waals surface area contributed by atoms with Crippen LogP contribution in [0.5, 0.6) is 0 Å². The van der Waals surface area contributed by atoms with E-state index in [0.717, 1.165) is 10.9 Å². The van der Waals surface area contributed by atoms with Crippen molar-refractivity contribution < 1.29 is 14.7 Å². The Labute approximate surface area is 98.7 Å². The van der Waals surface area contributed by atoms with E-state index < -0.39 is 5.97 Å². The fourth-order valence-electron chi connectivity index (χ4n) is 2.01. The monoisotopic (exact) mass is 228 g/mol. The Kier molecular flexibility index (Phi) is 2.91. The minimum Gasteiger partial charge on any atom is -0.478 e. The summed E-state index contributed by atoms with van der Waals surface area (Å²) in [6.07, 6.45) is 0.266. The van der Waals surface area contributed by atoms with Crippen LogP contribution in [0.4, 0.5) is 0 Å². The van der Waals surface area contributed by atoms with Gasteiger partial charge in [-0.05, 0) is 29.3 Å². The molecule has 3 nitrogen and oxygen atoms in total. The van der Waals surface area contributed by atoms with E-state index in [9.17, 15) is 9.59 Å². The summed E-state index contributed by atoms with van der Waals surface area (Å²) in [5, 5.41) is 10.7. The van der Waals surface area contributed by atoms with E-state index in [0.29, 0.717) is 5.39 Å². The van der Waals surface area contributed by atoms with Crippen LogP contribution in [-0.2, 0) is 11.2 Å². The van der Waals surface area contributed by atoms with Crippen LogP contribution in [0.1, 0.15) is 22.8 Å². The van der Waals surface area contributed by atoms with Crippen molar-refractivity contribution in [3.05, 3.63) is 47.5 Å². The lowest BCUT2D eigenvalue weighted by Crippen LogP contribution is -2.02. The number of ketones is 1. The van der Waals surface area contributed by atoms with Gasteiger partial charge in [-0.1, -0.05) is 30.3 Å². The third-order valence-corrected chi connectivity index (χ3v) is 2.66. The van der Waals surface area contributed by atoms with Gasteiger partial charge in [-0.3, -0.25) is 4.79 Å². The number of carbonyl (C=O) groups excluding carboxylic acids is 1. The van der Waals surface area contributed by atoms with Gasteiger partial charge in [-0.2, -0.15) is 0 Å². The maximum Gasteiger partial charge on any atom is 0.336 e. The zero-order chi connectivity index (χ0) is 12.4. The fraction of sp³-hybridized carbons (Fsp3) is 0.143. The normalized spacial score (nSPS) is 10.4. The number of aromatic carboxylic acids is 1. The average molecular weight is 228 g/mol. The van der Waals surface area contributed by atoms with Gasteiger partial charge in [-0.25, -0.2) is 4.79 Å². The summed E-state index contributed by atoms with van der Waals surface area (Å²) in [6.45, 7) is 1.50. The van der Waals surface area contributed by atoms with Crippen LogP contribution in [0, 0.1) is 0 Å². The first-order valence-electron chi connectivity index (χ1n) is 5.33. The number of carboxylic acid groups (broad SMARTS) is 1. The van der Waals surface area contributed by atoms with E-state index in [2.05, 4.69) is 0 Å². The number of carbonyl (C=O) groups is 2. The molecule has 0 atom stereocenters. The molecule has 86 valence electrons. The topological polar surface area (TPSA) is 54.4 Å². The Balaban J connectivity index is 2.75. The summed E-state index contributed by atoms with van der Waals surface area (Å²) in [5.41, 5.74) is 1.02. The molecule has 0 saturated carbocycles. The zero-order valence-corrected chi connectivity index (χ0v) is 9.43. The molecule has 0 aliphatic carbocycles. The highest BCUT2D eigenvalue weighted by atomic mass is 16.4. The van der Waals surface area contributed by atoms with Gasteiger partial charge in [0.1, 0.15) is 5.78 Å². The van der Waals surface area contributed by atoms with Gasteiger partial charge >= 0.3 is 5.97 Å². The minimum atomic E-state index is -0.966. The number of hydrogen-bond donors (Lipinski definition) is 1. The molecule has 17 heavy (non-hydrogen) atoms. The second kappa shape index (κ2) is 4.37. The SMILES string of the molecule is CC(=O)Cc1cccc2cccc(C(=O)O)c12. The zero-order valence-electron chi connectivity index (χ0n) is 9.43. The molecule has 0 amide bonds. The van der Waals surface area contributed by atoms with E-state index >= 15 is 0 Å². The van der Waals surface area contributed by atoms with Crippen LogP contribution in [0.25, 0.3) is 10.8 Å². The molecule has 2 rings (SSSR count). The quantitative estimate of drug-likeness (QED) is 0.878. The van der Waals surface area contributed by atoms with Crippen LogP contribution in [0.2, 0.25) is 0 Å². The second-order valence-electron chi connectivity index (χ2n) is 4.00. The molecule has 0 fully saturated rings. The first-order chi connectivity index (χ1) is 8.09. The standard InChI is InChI=1S/C14H12O3/c1-9(15)8-11-6-2-4-10-5-3-7-12(13(10)11)14(16)17/h2-7H,8H2,1H3,(H,16,17). The second-order valence-corrected chi connectivity index (χ2v) is 4.00. The van der Waals surface area contributed by atoms with Crippen molar-refractivity contribution in [2.45, 2.75) is 13.3 Å². The van der Waals surface area contributed by atoms with Crippen molar-refractivity contribution in [2.24, 2.45) is 0 Å². The maximum absolute atomic E-state index is 11.2. The number of fused-ring (bicyclic) bond motifs is 1. The average Bonchev–Trinajstić information content (AvgIpc) is 2.27. The third kappa shape index (κ3) is 2.18. The smallest absolute Gasteiger partial charge is 0.336 e. The molecule has 2 aromatic carbocycles. The summed E-state index contributed by atoms with van der Waals surface area (Å²) in [7, 11) is 0. The lowest BCUT2D eigenvalue weighted by Gasteiger charge is -2.07. The number of rotatable bonds is 3. The highest BCUT2D eigenvalue weighted by molar-refractivity contribution is 6.06. The molecule has 0 saturated heterocycles. The molecule has 1 N–H and O–H groups in total. The number of carboxylic acids is 1. The van der Waals surface area contributed by atoms with Crippen molar-refractivity contribution in [3.63, 3.8) is 0 Å². The van der Waals surface area contributed by atoms with Crippen molar-refractivity contribution in [3.8, 4) is 0 Å². The van der Waals surface area contributed by atoms with Crippen molar-refractivity contribution >= 4 is 22.5 Å². The lowest BCUT2D eigenvalue weighted by atomic mass is 9.96. The molecule has 0 aromatic heterocycles. The van der Waals surface area contributed by atoms with E-state index in [-0.39, 0.29) is 17.8 Å². The molecule has 0 radical (unpaired) electrons. The molecule has 0 bridgehead atoms. The minimum absolute atomic E-state index is 0.0256. The van der Waals surface area contributed by atoms with Crippen LogP contribution in [0.3, 0.4) is 0 Å². The van der Waals surface area contributed by atoms with E-state index in [4.69, 9.17) is 5.11 Å². The molecule has 0 aliphatic heterocycles. The Morgan fingerprint density at radius 3 is 2.35 bits per heavy atom. The number of benzene rings is 2. The molecule has 0 aliphatic rings. The molecule has 3 heteroatoms. The molecule has 0 spiro atoms. The predicted octanol–water partition coefficient (Wildman–Crippen LogP) is 2.67. The van der Waals surface area contributed by atoms with Crippen LogP contribution in [-0.4, -0.2) is 16.9 Å².